The summed E-state index contributed by atoms with van der Waals surface area (Å²) in [6, 6.07) is 10.1. The van der Waals surface area contributed by atoms with E-state index in [1.807, 2.05) is 36.5 Å². The molecule has 64 valence electrons. The van der Waals surface area contributed by atoms with Gasteiger partial charge in [0.05, 0.1) is 0 Å². The van der Waals surface area contributed by atoms with Gasteiger partial charge < -0.3 is 4.98 Å². The van der Waals surface area contributed by atoms with Crippen molar-refractivity contribution in [2.45, 2.75) is 0 Å². The van der Waals surface area contributed by atoms with Gasteiger partial charge in [0.1, 0.15) is 0 Å². The lowest BCUT2D eigenvalue weighted by atomic mass is 10.1. The molecule has 0 bridgehead atoms. The minimum atomic E-state index is 0.514. The smallest absolute Gasteiger partial charge is 0.196 e. The largest absolute Gasteiger partial charge is 0.337 e. The first-order valence-electron chi connectivity index (χ1n) is 3.96. The van der Waals surface area contributed by atoms with E-state index in [4.69, 9.17) is 12.2 Å². The fourth-order valence-electron chi connectivity index (χ4n) is 1.13. The number of aromatic amines is 1. The van der Waals surface area contributed by atoms with Crippen LogP contribution in [0.5, 0.6) is 0 Å². The first-order chi connectivity index (χ1) is 6.36. The summed E-state index contributed by atoms with van der Waals surface area (Å²) in [7, 11) is 0. The molecule has 2 nitrogen and oxygen atoms in total. The van der Waals surface area contributed by atoms with Gasteiger partial charge in [-0.3, -0.25) is 0 Å². The lowest BCUT2D eigenvalue weighted by Crippen LogP contribution is -1.82. The molecule has 0 radical (unpaired) electrons. The minimum absolute atomic E-state index is 0.514. The van der Waals surface area contributed by atoms with Crippen LogP contribution in [0, 0.1) is 4.77 Å². The summed E-state index contributed by atoms with van der Waals surface area (Å²) in [5.74, 6) is 0. The molecule has 13 heavy (non-hydrogen) atoms. The highest BCUT2D eigenvalue weighted by molar-refractivity contribution is 7.71. The summed E-state index contributed by atoms with van der Waals surface area (Å²) < 4.78 is 0.514. The van der Waals surface area contributed by atoms with E-state index in [2.05, 4.69) is 9.97 Å². The molecule has 0 atom stereocenters. The minimum Gasteiger partial charge on any atom is -0.337 e. The first-order valence-corrected chi connectivity index (χ1v) is 4.37. The van der Waals surface area contributed by atoms with Gasteiger partial charge in [-0.25, -0.2) is 4.98 Å². The van der Waals surface area contributed by atoms with E-state index in [1.54, 1.807) is 6.20 Å². The molecule has 0 spiro atoms. The molecule has 3 heteroatoms. The lowest BCUT2D eigenvalue weighted by molar-refractivity contribution is 1.14. The average Bonchev–Trinajstić information content (AvgIpc) is 2.20. The van der Waals surface area contributed by atoms with Crippen molar-refractivity contribution in [2.75, 3.05) is 0 Å². The van der Waals surface area contributed by atoms with E-state index in [1.165, 1.54) is 0 Å². The van der Waals surface area contributed by atoms with Crippen LogP contribution in [0.25, 0.3) is 11.1 Å². The van der Waals surface area contributed by atoms with Crippen LogP contribution in [0.1, 0.15) is 0 Å². The van der Waals surface area contributed by atoms with E-state index in [-0.39, 0.29) is 0 Å². The molecule has 2 aromatic rings. The number of nitrogens with zero attached hydrogens (tertiary/aromatic N) is 1. The zero-order valence-electron chi connectivity index (χ0n) is 6.90. The lowest BCUT2D eigenvalue weighted by Gasteiger charge is -1.98. The Morgan fingerprint density at radius 1 is 1.08 bits per heavy atom. The van der Waals surface area contributed by atoms with Crippen molar-refractivity contribution in [3.8, 4) is 11.1 Å². The summed E-state index contributed by atoms with van der Waals surface area (Å²) in [5, 5.41) is 0. The third-order valence-corrected chi connectivity index (χ3v) is 2.00. The summed E-state index contributed by atoms with van der Waals surface area (Å²) >= 11 is 4.85. The molecule has 1 N–H and O–H groups in total. The van der Waals surface area contributed by atoms with Crippen molar-refractivity contribution in [3.63, 3.8) is 0 Å². The van der Waals surface area contributed by atoms with Gasteiger partial charge in [0.2, 0.25) is 0 Å². The summed E-state index contributed by atoms with van der Waals surface area (Å²) in [6.07, 6.45) is 3.64. The molecule has 1 aromatic heterocycles. The fourth-order valence-corrected chi connectivity index (χ4v) is 1.24. The number of hydrogen-bond acceptors (Lipinski definition) is 2. The van der Waals surface area contributed by atoms with Gasteiger partial charge in [0.15, 0.2) is 4.77 Å². The molecule has 1 heterocycles. The van der Waals surface area contributed by atoms with Gasteiger partial charge in [-0.05, 0) is 17.8 Å². The molecule has 0 aliphatic carbocycles. The summed E-state index contributed by atoms with van der Waals surface area (Å²) in [6.45, 7) is 0. The zero-order valence-corrected chi connectivity index (χ0v) is 7.71. The quantitative estimate of drug-likeness (QED) is 0.697. The Bertz CT molecular complexity index is 427. The van der Waals surface area contributed by atoms with Crippen LogP contribution in [0.15, 0.2) is 42.7 Å². The summed E-state index contributed by atoms with van der Waals surface area (Å²) in [5.41, 5.74) is 2.19. The van der Waals surface area contributed by atoms with Crippen molar-refractivity contribution in [3.05, 3.63) is 47.5 Å². The molecule has 0 fully saturated rings. The SMILES string of the molecule is S=c1ncc(-c2ccccc2)c[nH]1. The van der Waals surface area contributed by atoms with Gasteiger partial charge in [0, 0.05) is 18.0 Å². The molecule has 0 saturated carbocycles. The van der Waals surface area contributed by atoms with Crippen molar-refractivity contribution >= 4 is 12.2 Å². The highest BCUT2D eigenvalue weighted by Gasteiger charge is 1.94. The van der Waals surface area contributed by atoms with Crippen LogP contribution >= 0.6 is 12.2 Å². The fraction of sp³-hybridized carbons (Fsp3) is 0. The van der Waals surface area contributed by atoms with Crippen molar-refractivity contribution < 1.29 is 0 Å². The maximum atomic E-state index is 4.85. The number of aromatic nitrogens is 2. The number of nitrogens with one attached hydrogen (secondary N) is 1. The Kier molecular flexibility index (Phi) is 2.19. The maximum absolute atomic E-state index is 4.85. The molecule has 0 saturated heterocycles. The molecular formula is C10H8N2S. The van der Waals surface area contributed by atoms with Crippen LogP contribution < -0.4 is 0 Å². The van der Waals surface area contributed by atoms with Gasteiger partial charge in [0.25, 0.3) is 0 Å². The van der Waals surface area contributed by atoms with Crippen LogP contribution in [0.4, 0.5) is 0 Å². The molecule has 0 amide bonds. The average molecular weight is 188 g/mol. The zero-order chi connectivity index (χ0) is 9.10. The Labute approximate surface area is 81.3 Å². The van der Waals surface area contributed by atoms with Gasteiger partial charge in [-0.1, -0.05) is 30.3 Å². The van der Waals surface area contributed by atoms with Gasteiger partial charge in [-0.2, -0.15) is 0 Å². The second-order valence-corrected chi connectivity index (χ2v) is 3.06. The summed E-state index contributed by atoms with van der Waals surface area (Å²) in [4.78, 5) is 6.92. The molecular weight excluding hydrogens is 180 g/mol. The third-order valence-electron chi connectivity index (χ3n) is 1.78. The van der Waals surface area contributed by atoms with Gasteiger partial charge in [-0.15, -0.1) is 0 Å². The number of hydrogen-bond donors (Lipinski definition) is 1. The first kappa shape index (κ1) is 8.13. The predicted octanol–water partition coefficient (Wildman–Crippen LogP) is 2.81. The van der Waals surface area contributed by atoms with E-state index >= 15 is 0 Å². The van der Waals surface area contributed by atoms with Crippen molar-refractivity contribution in [1.29, 1.82) is 0 Å². The normalized spacial score (nSPS) is 9.85. The van der Waals surface area contributed by atoms with Crippen LogP contribution in [0.2, 0.25) is 0 Å². The van der Waals surface area contributed by atoms with E-state index < -0.39 is 0 Å². The molecule has 0 aliphatic heterocycles. The number of benzene rings is 1. The molecule has 0 unspecified atom stereocenters. The molecule has 1 aromatic carbocycles. The highest BCUT2D eigenvalue weighted by atomic mass is 32.1. The van der Waals surface area contributed by atoms with Gasteiger partial charge >= 0.3 is 0 Å². The molecule has 0 aliphatic rings. The van der Waals surface area contributed by atoms with Crippen molar-refractivity contribution in [1.82, 2.24) is 9.97 Å². The number of rotatable bonds is 1. The second kappa shape index (κ2) is 3.49. The second-order valence-electron chi connectivity index (χ2n) is 2.67. The van der Waals surface area contributed by atoms with Crippen molar-refractivity contribution in [2.24, 2.45) is 0 Å². The Morgan fingerprint density at radius 2 is 1.85 bits per heavy atom. The predicted molar refractivity (Wildman–Crippen MR) is 54.9 cm³/mol. The Morgan fingerprint density at radius 3 is 2.46 bits per heavy atom. The third kappa shape index (κ3) is 1.81. The number of H-pyrrole nitrogens is 1. The van der Waals surface area contributed by atoms with Crippen LogP contribution in [0.3, 0.4) is 0 Å². The topological polar surface area (TPSA) is 28.7 Å². The van der Waals surface area contributed by atoms with Crippen LogP contribution in [-0.2, 0) is 0 Å². The maximum Gasteiger partial charge on any atom is 0.196 e. The standard InChI is InChI=1S/C10H8N2S/c13-10-11-6-9(7-12-10)8-4-2-1-3-5-8/h1-7H,(H,11,12,13). The Balaban J connectivity index is 2.48. The van der Waals surface area contributed by atoms with E-state index in [0.717, 1.165) is 11.1 Å². The van der Waals surface area contributed by atoms with Crippen LogP contribution in [-0.4, -0.2) is 9.97 Å². The van der Waals surface area contributed by atoms with E-state index in [0.29, 0.717) is 4.77 Å². The highest BCUT2D eigenvalue weighted by Crippen LogP contribution is 2.15. The monoisotopic (exact) mass is 188 g/mol. The molecule has 2 rings (SSSR count). The van der Waals surface area contributed by atoms with E-state index in [9.17, 15) is 0 Å². The Hall–Kier alpha value is -1.48.